The van der Waals surface area contributed by atoms with Crippen LogP contribution in [0.15, 0.2) is 30.6 Å². The van der Waals surface area contributed by atoms with Crippen molar-refractivity contribution in [2.24, 2.45) is 0 Å². The van der Waals surface area contributed by atoms with Gasteiger partial charge in [-0.3, -0.25) is 5.10 Å². The number of hydrogen-bond donors (Lipinski definition) is 2. The molecule has 2 rings (SSSR count). The van der Waals surface area contributed by atoms with Crippen molar-refractivity contribution in [3.8, 4) is 10.6 Å². The highest BCUT2D eigenvalue weighted by atomic mass is 32.1. The molecule has 0 amide bonds. The standard InChI is InChI=1S/C7H7N3S/c1-2-6-7(11-9-4-1)3-5-8-10-6/h1-5,9-10H. The number of fused-ring (bicyclic) bond motifs is 1. The third-order valence-corrected chi connectivity index (χ3v) is 2.18. The van der Waals surface area contributed by atoms with Crippen LogP contribution >= 0.6 is 11.5 Å². The molecule has 0 atom stereocenters. The average Bonchev–Trinajstić information content (AvgIpc) is 2.28. The maximum atomic E-state index is 3.91. The van der Waals surface area contributed by atoms with Gasteiger partial charge in [0.2, 0.25) is 0 Å². The summed E-state index contributed by atoms with van der Waals surface area (Å²) >= 11 is 1.57. The third-order valence-electron chi connectivity index (χ3n) is 1.35. The lowest BCUT2D eigenvalue weighted by atomic mass is 10.3. The molecule has 0 saturated heterocycles. The van der Waals surface area contributed by atoms with E-state index < -0.39 is 0 Å². The van der Waals surface area contributed by atoms with Crippen molar-refractivity contribution in [3.05, 3.63) is 30.6 Å². The topological polar surface area (TPSA) is 44.5 Å². The Balaban J connectivity index is 2.75. The van der Waals surface area contributed by atoms with E-state index >= 15 is 0 Å². The van der Waals surface area contributed by atoms with E-state index in [1.54, 1.807) is 17.7 Å². The van der Waals surface area contributed by atoms with Gasteiger partial charge in [-0.05, 0) is 18.2 Å². The van der Waals surface area contributed by atoms with Crippen LogP contribution in [0.1, 0.15) is 0 Å². The second kappa shape index (κ2) is 2.75. The molecule has 0 spiro atoms. The number of nitrogens with one attached hydrogen (secondary N) is 2. The minimum Gasteiger partial charge on any atom is -0.318 e. The zero-order valence-electron chi connectivity index (χ0n) is 5.74. The Morgan fingerprint density at radius 3 is 3.36 bits per heavy atom. The van der Waals surface area contributed by atoms with Gasteiger partial charge in [0.1, 0.15) is 0 Å². The van der Waals surface area contributed by atoms with Gasteiger partial charge >= 0.3 is 0 Å². The van der Waals surface area contributed by atoms with E-state index in [1.165, 1.54) is 0 Å². The predicted octanol–water partition coefficient (Wildman–Crippen LogP) is 2.03. The highest BCUT2D eigenvalue weighted by Crippen LogP contribution is 2.17. The summed E-state index contributed by atoms with van der Waals surface area (Å²) in [6.07, 6.45) is 3.63. The number of aromatic amines is 2. The highest BCUT2D eigenvalue weighted by Gasteiger charge is 1.95. The molecule has 11 heavy (non-hydrogen) atoms. The lowest BCUT2D eigenvalue weighted by molar-refractivity contribution is 1.04. The molecule has 0 aliphatic carbocycles. The van der Waals surface area contributed by atoms with E-state index in [1.807, 2.05) is 24.4 Å². The smallest absolute Gasteiger partial charge is 0.0749 e. The molecule has 0 aromatic carbocycles. The summed E-state index contributed by atoms with van der Waals surface area (Å²) < 4.78 is 3.06. The zero-order chi connectivity index (χ0) is 7.52. The lowest BCUT2D eigenvalue weighted by Crippen LogP contribution is -1.82. The molecular formula is C7H7N3S. The zero-order valence-corrected chi connectivity index (χ0v) is 6.56. The summed E-state index contributed by atoms with van der Waals surface area (Å²) in [5.74, 6) is 0. The number of aromatic nitrogens is 3. The summed E-state index contributed by atoms with van der Waals surface area (Å²) in [7, 11) is 0. The van der Waals surface area contributed by atoms with E-state index in [-0.39, 0.29) is 0 Å². The first-order valence-electron chi connectivity index (χ1n) is 3.26. The van der Waals surface area contributed by atoms with Gasteiger partial charge < -0.3 is 4.37 Å². The molecule has 0 fully saturated rings. The quantitative estimate of drug-likeness (QED) is 0.616. The van der Waals surface area contributed by atoms with Crippen LogP contribution in [0.3, 0.4) is 0 Å². The van der Waals surface area contributed by atoms with Crippen molar-refractivity contribution in [1.29, 1.82) is 0 Å². The Labute approximate surface area is 67.9 Å². The summed E-state index contributed by atoms with van der Waals surface area (Å²) in [4.78, 5) is 1.16. The summed E-state index contributed by atoms with van der Waals surface area (Å²) in [5.41, 5.74) is 1.04. The molecule has 56 valence electrons. The van der Waals surface area contributed by atoms with Crippen LogP contribution in [0.2, 0.25) is 0 Å². The van der Waals surface area contributed by atoms with Gasteiger partial charge in [0.25, 0.3) is 0 Å². The minimum atomic E-state index is 1.04. The van der Waals surface area contributed by atoms with Crippen molar-refractivity contribution < 1.29 is 0 Å². The Hall–Kier alpha value is -1.29. The second-order valence-electron chi connectivity index (χ2n) is 2.08. The monoisotopic (exact) mass is 165 g/mol. The van der Waals surface area contributed by atoms with Gasteiger partial charge in [0.15, 0.2) is 0 Å². The van der Waals surface area contributed by atoms with Gasteiger partial charge in [0, 0.05) is 12.4 Å². The highest BCUT2D eigenvalue weighted by molar-refractivity contribution is 7.09. The molecule has 2 N–H and O–H groups in total. The summed E-state index contributed by atoms with van der Waals surface area (Å²) in [5, 5.41) is 6.82. The Morgan fingerprint density at radius 2 is 2.36 bits per heavy atom. The van der Waals surface area contributed by atoms with Gasteiger partial charge in [0.05, 0.1) is 10.6 Å². The van der Waals surface area contributed by atoms with Crippen molar-refractivity contribution >= 4 is 11.5 Å². The first-order valence-corrected chi connectivity index (χ1v) is 4.07. The predicted molar refractivity (Wildman–Crippen MR) is 45.1 cm³/mol. The van der Waals surface area contributed by atoms with Crippen molar-refractivity contribution in [1.82, 2.24) is 14.6 Å². The van der Waals surface area contributed by atoms with E-state index in [0.29, 0.717) is 0 Å². The van der Waals surface area contributed by atoms with Crippen LogP contribution in [0.25, 0.3) is 10.6 Å². The molecule has 2 heterocycles. The number of hydrogen-bond acceptors (Lipinski definition) is 2. The van der Waals surface area contributed by atoms with Crippen molar-refractivity contribution in [2.75, 3.05) is 0 Å². The van der Waals surface area contributed by atoms with Crippen molar-refractivity contribution in [3.63, 3.8) is 0 Å². The summed E-state index contributed by atoms with van der Waals surface area (Å²) in [6, 6.07) is 5.89. The van der Waals surface area contributed by atoms with Gasteiger partial charge in [-0.1, -0.05) is 11.5 Å². The molecule has 3 nitrogen and oxygen atoms in total. The maximum absolute atomic E-state index is 3.91. The minimum absolute atomic E-state index is 1.04. The molecule has 2 aliphatic rings. The maximum Gasteiger partial charge on any atom is 0.0749 e. The normalized spacial score (nSPS) is 9.82. The van der Waals surface area contributed by atoms with E-state index in [0.717, 1.165) is 10.6 Å². The summed E-state index contributed by atoms with van der Waals surface area (Å²) in [6.45, 7) is 0. The average molecular weight is 165 g/mol. The number of H-pyrrole nitrogens is 2. The van der Waals surface area contributed by atoms with Crippen LogP contribution in [-0.4, -0.2) is 14.6 Å². The molecule has 0 aromatic rings. The van der Waals surface area contributed by atoms with Gasteiger partial charge in [-0.2, -0.15) is 5.10 Å². The first kappa shape index (κ1) is 6.42. The molecule has 4 heteroatoms. The number of rotatable bonds is 0. The fourth-order valence-corrected chi connectivity index (χ4v) is 1.47. The Kier molecular flexibility index (Phi) is 1.61. The van der Waals surface area contributed by atoms with Crippen molar-refractivity contribution in [2.45, 2.75) is 0 Å². The lowest BCUT2D eigenvalue weighted by Gasteiger charge is -1.95. The largest absolute Gasteiger partial charge is 0.318 e. The Bertz CT molecular complexity index is 312. The molecule has 0 unspecified atom stereocenters. The van der Waals surface area contributed by atoms with E-state index in [9.17, 15) is 0 Å². The van der Waals surface area contributed by atoms with E-state index in [4.69, 9.17) is 0 Å². The van der Waals surface area contributed by atoms with Crippen LogP contribution < -0.4 is 0 Å². The number of nitrogens with zero attached hydrogens (tertiary/aromatic N) is 1. The molecule has 0 radical (unpaired) electrons. The van der Waals surface area contributed by atoms with Gasteiger partial charge in [-0.15, -0.1) is 0 Å². The SMILES string of the molecule is c1c[nH]sc2ccn[nH]c-2c1. The molecular weight excluding hydrogens is 158 g/mol. The second-order valence-corrected chi connectivity index (χ2v) is 2.96. The van der Waals surface area contributed by atoms with Crippen LogP contribution in [0.4, 0.5) is 0 Å². The first-order chi connectivity index (χ1) is 5.47. The van der Waals surface area contributed by atoms with Crippen LogP contribution in [-0.2, 0) is 0 Å². The fourth-order valence-electron chi connectivity index (χ4n) is 0.846. The van der Waals surface area contributed by atoms with Crippen LogP contribution in [0, 0.1) is 0 Å². The fraction of sp³-hybridized carbons (Fsp3) is 0. The third kappa shape index (κ3) is 1.25. The van der Waals surface area contributed by atoms with Crippen LogP contribution in [0.5, 0.6) is 0 Å². The molecule has 2 aliphatic heterocycles. The molecule has 0 bridgehead atoms. The van der Waals surface area contributed by atoms with Gasteiger partial charge in [-0.25, -0.2) is 0 Å². The molecule has 0 aromatic heterocycles. The Morgan fingerprint density at radius 1 is 1.36 bits per heavy atom. The van der Waals surface area contributed by atoms with E-state index in [2.05, 4.69) is 14.6 Å². The molecule has 0 saturated carbocycles.